The van der Waals surface area contributed by atoms with E-state index in [1.165, 1.54) is 32.1 Å². The van der Waals surface area contributed by atoms with Gasteiger partial charge in [-0.05, 0) is 18.8 Å². The number of amides is 1. The molecule has 0 aromatic carbocycles. The van der Waals surface area contributed by atoms with Crippen molar-refractivity contribution in [3.63, 3.8) is 0 Å². The van der Waals surface area contributed by atoms with Crippen LogP contribution in [0.4, 0.5) is 0 Å². The number of rotatable bonds is 5. The van der Waals surface area contributed by atoms with Gasteiger partial charge in [0.25, 0.3) is 0 Å². The second-order valence-electron chi connectivity index (χ2n) is 5.65. The number of piperazine rings is 1. The van der Waals surface area contributed by atoms with E-state index in [4.69, 9.17) is 0 Å². The fraction of sp³-hybridized carbons (Fsp3) is 0.929. The van der Waals surface area contributed by atoms with E-state index < -0.39 is 0 Å². The van der Waals surface area contributed by atoms with Crippen LogP contribution in [0.15, 0.2) is 0 Å². The van der Waals surface area contributed by atoms with Gasteiger partial charge in [-0.25, -0.2) is 0 Å². The predicted molar refractivity (Wildman–Crippen MR) is 73.5 cm³/mol. The van der Waals surface area contributed by atoms with Gasteiger partial charge >= 0.3 is 0 Å². The van der Waals surface area contributed by atoms with Gasteiger partial charge in [-0.3, -0.25) is 9.69 Å². The fourth-order valence-corrected chi connectivity index (χ4v) is 3.01. The number of hydrogen-bond donors (Lipinski definition) is 2. The minimum absolute atomic E-state index is 0.261. The maximum atomic E-state index is 11.8. The summed E-state index contributed by atoms with van der Waals surface area (Å²) in [6.45, 7) is 6.19. The molecule has 1 amide bonds. The van der Waals surface area contributed by atoms with E-state index in [1.807, 2.05) is 0 Å². The maximum absolute atomic E-state index is 11.8. The van der Waals surface area contributed by atoms with E-state index >= 15 is 0 Å². The summed E-state index contributed by atoms with van der Waals surface area (Å²) >= 11 is 0. The third kappa shape index (κ3) is 4.94. The Morgan fingerprint density at radius 1 is 1.17 bits per heavy atom. The van der Waals surface area contributed by atoms with E-state index in [0.29, 0.717) is 5.92 Å². The van der Waals surface area contributed by atoms with Crippen molar-refractivity contribution < 1.29 is 4.79 Å². The molecule has 0 unspecified atom stereocenters. The van der Waals surface area contributed by atoms with Crippen molar-refractivity contribution in [1.29, 1.82) is 0 Å². The average molecular weight is 253 g/mol. The van der Waals surface area contributed by atoms with E-state index in [1.54, 1.807) is 0 Å². The van der Waals surface area contributed by atoms with Gasteiger partial charge in [0.05, 0.1) is 0 Å². The molecule has 2 N–H and O–H groups in total. The monoisotopic (exact) mass is 253 g/mol. The van der Waals surface area contributed by atoms with Crippen molar-refractivity contribution in [3.05, 3.63) is 0 Å². The molecule has 2 rings (SSSR count). The second kappa shape index (κ2) is 7.74. The molecule has 0 radical (unpaired) electrons. The van der Waals surface area contributed by atoms with Crippen LogP contribution >= 0.6 is 0 Å². The summed E-state index contributed by atoms with van der Waals surface area (Å²) in [5.41, 5.74) is 0. The summed E-state index contributed by atoms with van der Waals surface area (Å²) in [5, 5.41) is 6.42. The zero-order valence-corrected chi connectivity index (χ0v) is 11.4. The lowest BCUT2D eigenvalue weighted by Gasteiger charge is -2.27. The first-order valence-electron chi connectivity index (χ1n) is 7.54. The molecule has 1 saturated heterocycles. The van der Waals surface area contributed by atoms with Crippen LogP contribution in [0.3, 0.4) is 0 Å². The third-order valence-corrected chi connectivity index (χ3v) is 4.16. The topological polar surface area (TPSA) is 44.4 Å². The van der Waals surface area contributed by atoms with E-state index in [2.05, 4.69) is 15.5 Å². The van der Waals surface area contributed by atoms with Crippen LogP contribution < -0.4 is 10.6 Å². The molecule has 0 aromatic rings. The number of nitrogens with zero attached hydrogens (tertiary/aromatic N) is 1. The first-order valence-corrected chi connectivity index (χ1v) is 7.54. The minimum atomic E-state index is 0.261. The predicted octanol–water partition coefficient (Wildman–Crippen LogP) is 0.978. The molecular formula is C14H27N3O. The zero-order valence-electron chi connectivity index (χ0n) is 11.4. The molecule has 0 aromatic heterocycles. The van der Waals surface area contributed by atoms with Gasteiger partial charge in [-0.1, -0.05) is 19.3 Å². The number of hydrogen-bond acceptors (Lipinski definition) is 3. The van der Waals surface area contributed by atoms with Crippen LogP contribution in [0.5, 0.6) is 0 Å². The Hall–Kier alpha value is -0.610. The van der Waals surface area contributed by atoms with Crippen molar-refractivity contribution in [3.8, 4) is 0 Å². The fourth-order valence-electron chi connectivity index (χ4n) is 3.01. The first kappa shape index (κ1) is 13.8. The normalized spacial score (nSPS) is 22.9. The van der Waals surface area contributed by atoms with Crippen molar-refractivity contribution in [1.82, 2.24) is 15.5 Å². The molecule has 104 valence electrons. The quantitative estimate of drug-likeness (QED) is 0.767. The number of carbonyl (C=O) groups is 1. The van der Waals surface area contributed by atoms with Crippen LogP contribution in [0.1, 0.15) is 38.5 Å². The third-order valence-electron chi connectivity index (χ3n) is 4.16. The van der Waals surface area contributed by atoms with Crippen LogP contribution in [-0.2, 0) is 4.79 Å². The van der Waals surface area contributed by atoms with Crippen LogP contribution in [0, 0.1) is 5.92 Å². The van der Waals surface area contributed by atoms with E-state index in [9.17, 15) is 4.79 Å². The first-order chi connectivity index (χ1) is 8.84. The van der Waals surface area contributed by atoms with Crippen molar-refractivity contribution in [2.75, 3.05) is 39.3 Å². The lowest BCUT2D eigenvalue weighted by atomic mass is 9.87. The van der Waals surface area contributed by atoms with Gasteiger partial charge in [0, 0.05) is 45.7 Å². The Bertz CT molecular complexity index is 245. The van der Waals surface area contributed by atoms with E-state index in [-0.39, 0.29) is 5.91 Å². The summed E-state index contributed by atoms with van der Waals surface area (Å²) in [6.07, 6.45) is 7.26. The maximum Gasteiger partial charge on any atom is 0.220 e. The molecule has 1 heterocycles. The van der Waals surface area contributed by atoms with Gasteiger partial charge in [-0.15, -0.1) is 0 Å². The highest BCUT2D eigenvalue weighted by atomic mass is 16.1. The molecule has 0 spiro atoms. The summed E-state index contributed by atoms with van der Waals surface area (Å²) in [4.78, 5) is 14.2. The lowest BCUT2D eigenvalue weighted by Crippen LogP contribution is -2.46. The standard InChI is InChI=1S/C14H27N3O/c18-14(12-13-4-2-1-3-5-13)16-8-11-17-9-6-15-7-10-17/h13,15H,1-12H2,(H,16,18). The Morgan fingerprint density at radius 2 is 1.89 bits per heavy atom. The Morgan fingerprint density at radius 3 is 2.61 bits per heavy atom. The molecule has 1 aliphatic heterocycles. The zero-order chi connectivity index (χ0) is 12.6. The molecule has 4 heteroatoms. The summed E-state index contributed by atoms with van der Waals surface area (Å²) in [7, 11) is 0. The van der Waals surface area contributed by atoms with Gasteiger partial charge < -0.3 is 10.6 Å². The molecule has 0 atom stereocenters. The molecule has 4 nitrogen and oxygen atoms in total. The molecule has 18 heavy (non-hydrogen) atoms. The molecule has 2 fully saturated rings. The summed E-state index contributed by atoms with van der Waals surface area (Å²) in [5.74, 6) is 0.912. The Kier molecular flexibility index (Phi) is 5.94. The molecular weight excluding hydrogens is 226 g/mol. The highest BCUT2D eigenvalue weighted by Gasteiger charge is 2.17. The Labute approximate surface area is 110 Å². The highest BCUT2D eigenvalue weighted by Crippen LogP contribution is 2.25. The Balaban J connectivity index is 1.53. The number of carbonyl (C=O) groups excluding carboxylic acids is 1. The molecule has 0 bridgehead atoms. The van der Waals surface area contributed by atoms with Gasteiger partial charge in [-0.2, -0.15) is 0 Å². The van der Waals surface area contributed by atoms with Crippen molar-refractivity contribution >= 4 is 5.91 Å². The minimum Gasteiger partial charge on any atom is -0.355 e. The SMILES string of the molecule is O=C(CC1CCCCC1)NCCN1CCNCC1. The van der Waals surface area contributed by atoms with Crippen LogP contribution in [0.2, 0.25) is 0 Å². The van der Waals surface area contributed by atoms with Gasteiger partial charge in [0.1, 0.15) is 0 Å². The van der Waals surface area contributed by atoms with Crippen LogP contribution in [-0.4, -0.2) is 50.1 Å². The molecule has 1 saturated carbocycles. The smallest absolute Gasteiger partial charge is 0.220 e. The molecule has 2 aliphatic rings. The largest absolute Gasteiger partial charge is 0.355 e. The number of nitrogens with one attached hydrogen (secondary N) is 2. The lowest BCUT2D eigenvalue weighted by molar-refractivity contribution is -0.122. The van der Waals surface area contributed by atoms with Crippen molar-refractivity contribution in [2.45, 2.75) is 38.5 Å². The molecule has 1 aliphatic carbocycles. The van der Waals surface area contributed by atoms with Gasteiger partial charge in [0.2, 0.25) is 5.91 Å². The van der Waals surface area contributed by atoms with E-state index in [0.717, 1.165) is 45.7 Å². The van der Waals surface area contributed by atoms with Gasteiger partial charge in [0.15, 0.2) is 0 Å². The highest BCUT2D eigenvalue weighted by molar-refractivity contribution is 5.76. The van der Waals surface area contributed by atoms with Crippen molar-refractivity contribution in [2.24, 2.45) is 5.92 Å². The average Bonchev–Trinajstić information content (AvgIpc) is 2.41. The summed E-state index contributed by atoms with van der Waals surface area (Å²) < 4.78 is 0. The second-order valence-corrected chi connectivity index (χ2v) is 5.65. The van der Waals surface area contributed by atoms with Crippen LogP contribution in [0.25, 0.3) is 0 Å². The summed E-state index contributed by atoms with van der Waals surface area (Å²) in [6, 6.07) is 0.